The van der Waals surface area contributed by atoms with E-state index in [4.69, 9.17) is 0 Å². The number of hydrogen-bond acceptors (Lipinski definition) is 4. The first-order valence-corrected chi connectivity index (χ1v) is 10.6. The molecule has 0 spiro atoms. The summed E-state index contributed by atoms with van der Waals surface area (Å²) in [4.78, 5) is 29.7. The molecule has 2 N–H and O–H groups in total. The molecule has 4 bridgehead atoms. The first-order valence-electron chi connectivity index (χ1n) is 10.6. The molecule has 0 aromatic carbocycles. The highest BCUT2D eigenvalue weighted by Gasteiger charge is 2.51. The Morgan fingerprint density at radius 3 is 2.04 bits per heavy atom. The molecule has 1 aliphatic heterocycles. The van der Waals surface area contributed by atoms with Crippen LogP contribution in [0.4, 0.5) is 4.79 Å². The Morgan fingerprint density at radius 2 is 1.54 bits per heavy atom. The standard InChI is InChI=1S/C20H34N4O2/c1-3-23-4-6-24(7-5-23)14(2)18(25)21-19(26)22-20-11-15-8-16(12-20)10-17(9-15)13-20/h14-17H,3-13H2,1-2H3,(H2,21,22,25,26). The fourth-order valence-corrected chi connectivity index (χ4v) is 6.38. The Hall–Kier alpha value is -1.14. The molecule has 26 heavy (non-hydrogen) atoms. The number of amides is 3. The van der Waals surface area contributed by atoms with Crippen LogP contribution < -0.4 is 10.6 Å². The van der Waals surface area contributed by atoms with Crippen LogP contribution in [0, 0.1) is 17.8 Å². The lowest BCUT2D eigenvalue weighted by Gasteiger charge is -2.56. The Kier molecular flexibility index (Phi) is 4.99. The van der Waals surface area contributed by atoms with E-state index in [2.05, 4.69) is 27.4 Å². The maximum absolute atomic E-state index is 12.6. The van der Waals surface area contributed by atoms with Gasteiger partial charge in [-0.2, -0.15) is 0 Å². The van der Waals surface area contributed by atoms with E-state index in [0.29, 0.717) is 0 Å². The van der Waals surface area contributed by atoms with Gasteiger partial charge in [-0.25, -0.2) is 4.79 Å². The Morgan fingerprint density at radius 1 is 1.00 bits per heavy atom. The van der Waals surface area contributed by atoms with E-state index in [1.54, 1.807) is 0 Å². The van der Waals surface area contributed by atoms with Crippen molar-refractivity contribution in [3.8, 4) is 0 Å². The van der Waals surface area contributed by atoms with E-state index >= 15 is 0 Å². The molecule has 0 radical (unpaired) electrons. The van der Waals surface area contributed by atoms with Gasteiger partial charge in [0.05, 0.1) is 6.04 Å². The average molecular weight is 363 g/mol. The van der Waals surface area contributed by atoms with Crippen LogP contribution in [0.3, 0.4) is 0 Å². The van der Waals surface area contributed by atoms with Crippen molar-refractivity contribution in [3.63, 3.8) is 0 Å². The minimum Gasteiger partial charge on any atom is -0.332 e. The van der Waals surface area contributed by atoms with Gasteiger partial charge in [-0.1, -0.05) is 6.92 Å². The third-order valence-corrected chi connectivity index (χ3v) is 7.43. The fraction of sp³-hybridized carbons (Fsp3) is 0.900. The zero-order valence-electron chi connectivity index (χ0n) is 16.3. The van der Waals surface area contributed by atoms with E-state index in [9.17, 15) is 9.59 Å². The number of urea groups is 1. The number of piperazine rings is 1. The molecule has 5 aliphatic rings. The molecule has 0 aromatic rings. The number of imide groups is 1. The molecule has 5 fully saturated rings. The van der Waals surface area contributed by atoms with E-state index < -0.39 is 0 Å². The molecule has 4 aliphatic carbocycles. The van der Waals surface area contributed by atoms with Gasteiger partial charge in [-0.3, -0.25) is 15.0 Å². The highest BCUT2D eigenvalue weighted by Crippen LogP contribution is 2.55. The second-order valence-corrected chi connectivity index (χ2v) is 9.29. The molecular weight excluding hydrogens is 328 g/mol. The molecule has 6 nitrogen and oxygen atoms in total. The number of nitrogens with one attached hydrogen (secondary N) is 2. The minimum absolute atomic E-state index is 0.0465. The van der Waals surface area contributed by atoms with Gasteiger partial charge in [-0.05, 0) is 69.7 Å². The van der Waals surface area contributed by atoms with Crippen molar-refractivity contribution in [2.45, 2.75) is 64.0 Å². The molecule has 1 atom stereocenters. The van der Waals surface area contributed by atoms with Crippen molar-refractivity contribution in [2.24, 2.45) is 17.8 Å². The number of nitrogens with zero attached hydrogens (tertiary/aromatic N) is 2. The smallest absolute Gasteiger partial charge is 0.321 e. The predicted molar refractivity (Wildman–Crippen MR) is 101 cm³/mol. The molecule has 5 rings (SSSR count). The van der Waals surface area contributed by atoms with Crippen molar-refractivity contribution < 1.29 is 9.59 Å². The molecular formula is C20H34N4O2. The molecule has 0 aromatic heterocycles. The third kappa shape index (κ3) is 3.63. The molecule has 4 saturated carbocycles. The summed E-state index contributed by atoms with van der Waals surface area (Å²) in [6, 6.07) is -0.535. The van der Waals surface area contributed by atoms with Gasteiger partial charge in [0.15, 0.2) is 0 Å². The molecule has 1 saturated heterocycles. The molecule has 3 amide bonds. The molecule has 6 heteroatoms. The highest BCUT2D eigenvalue weighted by molar-refractivity contribution is 5.97. The number of carbonyl (C=O) groups is 2. The summed E-state index contributed by atoms with van der Waals surface area (Å²) in [5.74, 6) is 2.18. The second kappa shape index (κ2) is 7.12. The Labute approximate surface area is 157 Å². The second-order valence-electron chi connectivity index (χ2n) is 9.29. The predicted octanol–water partition coefficient (Wildman–Crippen LogP) is 1.81. The maximum atomic E-state index is 12.6. The lowest BCUT2D eigenvalue weighted by Crippen LogP contribution is -2.63. The summed E-state index contributed by atoms with van der Waals surface area (Å²) in [6.07, 6.45) is 7.37. The largest absolute Gasteiger partial charge is 0.332 e. The number of rotatable bonds is 4. The van der Waals surface area contributed by atoms with Gasteiger partial charge >= 0.3 is 6.03 Å². The molecule has 146 valence electrons. The van der Waals surface area contributed by atoms with Crippen LogP contribution in [-0.2, 0) is 4.79 Å². The zero-order valence-corrected chi connectivity index (χ0v) is 16.3. The molecule has 1 heterocycles. The minimum atomic E-state index is -0.281. The molecule has 1 unspecified atom stereocenters. The van der Waals surface area contributed by atoms with Crippen molar-refractivity contribution >= 4 is 11.9 Å². The SMILES string of the molecule is CCN1CCN(C(C)C(=O)NC(=O)NC23CC4CC(CC(C4)C2)C3)CC1. The van der Waals surface area contributed by atoms with Crippen molar-refractivity contribution in [2.75, 3.05) is 32.7 Å². The van der Waals surface area contributed by atoms with Crippen LogP contribution in [0.15, 0.2) is 0 Å². The lowest BCUT2D eigenvalue weighted by molar-refractivity contribution is -0.125. The van der Waals surface area contributed by atoms with E-state index in [1.807, 2.05) is 6.92 Å². The van der Waals surface area contributed by atoms with Crippen LogP contribution in [-0.4, -0.2) is 66.0 Å². The Balaban J connectivity index is 1.29. The zero-order chi connectivity index (χ0) is 18.3. The third-order valence-electron chi connectivity index (χ3n) is 7.43. The summed E-state index contributed by atoms with van der Waals surface area (Å²) < 4.78 is 0. The van der Waals surface area contributed by atoms with E-state index in [0.717, 1.165) is 69.7 Å². The summed E-state index contributed by atoms with van der Waals surface area (Å²) in [7, 11) is 0. The Bertz CT molecular complexity index is 521. The summed E-state index contributed by atoms with van der Waals surface area (Å²) in [5.41, 5.74) is -0.0465. The average Bonchev–Trinajstić information content (AvgIpc) is 2.59. The van der Waals surface area contributed by atoms with Crippen LogP contribution >= 0.6 is 0 Å². The van der Waals surface area contributed by atoms with Crippen LogP contribution in [0.5, 0.6) is 0 Å². The van der Waals surface area contributed by atoms with Gasteiger partial charge in [0.2, 0.25) is 5.91 Å². The maximum Gasteiger partial charge on any atom is 0.321 e. The van der Waals surface area contributed by atoms with Gasteiger partial charge in [-0.15, -0.1) is 0 Å². The van der Waals surface area contributed by atoms with Crippen LogP contribution in [0.1, 0.15) is 52.4 Å². The first kappa shape index (κ1) is 18.2. The van der Waals surface area contributed by atoms with E-state index in [1.165, 1.54) is 19.3 Å². The lowest BCUT2D eigenvalue weighted by atomic mass is 9.53. The van der Waals surface area contributed by atoms with Crippen LogP contribution in [0.25, 0.3) is 0 Å². The number of hydrogen-bond donors (Lipinski definition) is 2. The highest BCUT2D eigenvalue weighted by atomic mass is 16.2. The van der Waals surface area contributed by atoms with Crippen LogP contribution in [0.2, 0.25) is 0 Å². The monoisotopic (exact) mass is 362 g/mol. The van der Waals surface area contributed by atoms with Gasteiger partial charge < -0.3 is 10.2 Å². The quantitative estimate of drug-likeness (QED) is 0.801. The fourth-order valence-electron chi connectivity index (χ4n) is 6.38. The van der Waals surface area contributed by atoms with E-state index in [-0.39, 0.29) is 23.5 Å². The summed E-state index contributed by atoms with van der Waals surface area (Å²) in [5, 5.41) is 5.86. The number of carbonyl (C=O) groups excluding carboxylic acids is 2. The van der Waals surface area contributed by atoms with Gasteiger partial charge in [0.25, 0.3) is 0 Å². The normalized spacial score (nSPS) is 38.2. The topological polar surface area (TPSA) is 64.7 Å². The van der Waals surface area contributed by atoms with Gasteiger partial charge in [0, 0.05) is 31.7 Å². The summed E-state index contributed by atoms with van der Waals surface area (Å²) in [6.45, 7) is 8.90. The van der Waals surface area contributed by atoms with Crippen molar-refractivity contribution in [1.29, 1.82) is 0 Å². The first-order chi connectivity index (χ1) is 12.5. The summed E-state index contributed by atoms with van der Waals surface area (Å²) >= 11 is 0. The van der Waals surface area contributed by atoms with Crippen molar-refractivity contribution in [3.05, 3.63) is 0 Å². The number of likely N-dealkylation sites (N-methyl/N-ethyl adjacent to an activating group) is 1. The van der Waals surface area contributed by atoms with Crippen molar-refractivity contribution in [1.82, 2.24) is 20.4 Å². The van der Waals surface area contributed by atoms with Gasteiger partial charge in [0.1, 0.15) is 0 Å².